The van der Waals surface area contributed by atoms with E-state index >= 15 is 0 Å². The first kappa shape index (κ1) is 18.8. The third kappa shape index (κ3) is 4.01. The van der Waals surface area contributed by atoms with Crippen LogP contribution in [-0.4, -0.2) is 36.6 Å². The van der Waals surface area contributed by atoms with Crippen LogP contribution in [0.5, 0.6) is 11.5 Å². The summed E-state index contributed by atoms with van der Waals surface area (Å²) >= 11 is 0. The number of aromatic nitrogens is 1. The lowest BCUT2D eigenvalue weighted by molar-refractivity contribution is 0.0728. The van der Waals surface area contributed by atoms with Crippen molar-refractivity contribution in [3.05, 3.63) is 77.6 Å². The summed E-state index contributed by atoms with van der Waals surface area (Å²) in [6, 6.07) is 17.4. The largest absolute Gasteiger partial charge is 0.493 e. The molecule has 0 radical (unpaired) electrons. The summed E-state index contributed by atoms with van der Waals surface area (Å²) in [6.07, 6.45) is 2.42. The van der Waals surface area contributed by atoms with E-state index in [0.29, 0.717) is 30.3 Å². The predicted octanol–water partition coefficient (Wildman–Crippen LogP) is 4.04. The van der Waals surface area contributed by atoms with Crippen LogP contribution in [0, 0.1) is 0 Å². The molecule has 0 fully saturated rings. The number of carbonyl (C=O) groups excluding carboxylic acids is 1. The first-order chi connectivity index (χ1) is 14.2. The first-order valence-electron chi connectivity index (χ1n) is 9.49. The number of amides is 1. The Morgan fingerprint density at radius 2 is 1.69 bits per heavy atom. The van der Waals surface area contributed by atoms with E-state index < -0.39 is 0 Å². The van der Waals surface area contributed by atoms with Crippen LogP contribution in [-0.2, 0) is 13.0 Å². The minimum Gasteiger partial charge on any atom is -0.493 e. The molecule has 148 valence electrons. The minimum atomic E-state index is -0.0813. The van der Waals surface area contributed by atoms with Gasteiger partial charge in [0.15, 0.2) is 11.5 Å². The Bertz CT molecular complexity index is 1020. The average molecular weight is 389 g/mol. The lowest BCUT2D eigenvalue weighted by atomic mass is 9.98. The molecule has 0 unspecified atom stereocenters. The molecule has 4 rings (SSSR count). The number of pyridine rings is 1. The summed E-state index contributed by atoms with van der Waals surface area (Å²) in [6.45, 7) is 1.16. The van der Waals surface area contributed by atoms with Crippen molar-refractivity contribution in [2.75, 3.05) is 26.1 Å². The van der Waals surface area contributed by atoms with Gasteiger partial charge in [-0.3, -0.25) is 9.78 Å². The molecule has 0 bridgehead atoms. The number of benzene rings is 2. The van der Waals surface area contributed by atoms with Gasteiger partial charge in [0, 0.05) is 30.7 Å². The number of para-hydroxylation sites is 1. The fourth-order valence-electron chi connectivity index (χ4n) is 3.53. The molecule has 0 aliphatic carbocycles. The summed E-state index contributed by atoms with van der Waals surface area (Å²) in [7, 11) is 3.25. The smallest absolute Gasteiger partial charge is 0.272 e. The molecule has 6 nitrogen and oxygen atoms in total. The Kier molecular flexibility index (Phi) is 5.33. The number of ether oxygens (including phenoxy) is 2. The molecule has 1 aliphatic rings. The molecule has 0 atom stereocenters. The van der Waals surface area contributed by atoms with Gasteiger partial charge in [-0.15, -0.1) is 0 Å². The van der Waals surface area contributed by atoms with Crippen molar-refractivity contribution in [2.45, 2.75) is 13.0 Å². The zero-order chi connectivity index (χ0) is 20.2. The quantitative estimate of drug-likeness (QED) is 0.713. The third-order valence-corrected chi connectivity index (χ3v) is 5.05. The van der Waals surface area contributed by atoms with Gasteiger partial charge in [0.25, 0.3) is 5.91 Å². The fourth-order valence-corrected chi connectivity index (χ4v) is 3.53. The number of fused-ring (bicyclic) bond motifs is 1. The molecule has 6 heteroatoms. The van der Waals surface area contributed by atoms with E-state index in [2.05, 4.69) is 10.3 Å². The van der Waals surface area contributed by atoms with Crippen molar-refractivity contribution in [1.29, 1.82) is 0 Å². The molecular weight excluding hydrogens is 366 g/mol. The van der Waals surface area contributed by atoms with Gasteiger partial charge in [-0.05, 0) is 53.9 Å². The normalized spacial score (nSPS) is 12.8. The van der Waals surface area contributed by atoms with Crippen molar-refractivity contribution in [3.63, 3.8) is 0 Å². The van der Waals surface area contributed by atoms with Crippen LogP contribution < -0.4 is 14.8 Å². The summed E-state index contributed by atoms with van der Waals surface area (Å²) < 4.78 is 10.8. The van der Waals surface area contributed by atoms with Crippen LogP contribution >= 0.6 is 0 Å². The summed E-state index contributed by atoms with van der Waals surface area (Å²) in [5, 5.41) is 3.30. The number of methoxy groups -OCH3 is 2. The Morgan fingerprint density at radius 3 is 2.41 bits per heavy atom. The van der Waals surface area contributed by atoms with Crippen LogP contribution in [0.2, 0.25) is 0 Å². The Labute approximate surface area is 170 Å². The lowest BCUT2D eigenvalue weighted by Crippen LogP contribution is -2.36. The van der Waals surface area contributed by atoms with E-state index in [1.165, 1.54) is 5.56 Å². The second kappa shape index (κ2) is 8.22. The van der Waals surface area contributed by atoms with Gasteiger partial charge in [-0.2, -0.15) is 0 Å². The first-order valence-corrected chi connectivity index (χ1v) is 9.49. The highest BCUT2D eigenvalue weighted by molar-refractivity contribution is 5.93. The van der Waals surface area contributed by atoms with Gasteiger partial charge in [0.05, 0.1) is 14.2 Å². The number of nitrogens with zero attached hydrogens (tertiary/aromatic N) is 2. The van der Waals surface area contributed by atoms with Crippen LogP contribution in [0.1, 0.15) is 21.6 Å². The van der Waals surface area contributed by atoms with E-state index in [4.69, 9.17) is 9.47 Å². The zero-order valence-electron chi connectivity index (χ0n) is 16.5. The van der Waals surface area contributed by atoms with E-state index in [1.54, 1.807) is 26.5 Å². The molecule has 0 saturated heterocycles. The second-order valence-electron chi connectivity index (χ2n) is 6.87. The predicted molar refractivity (Wildman–Crippen MR) is 112 cm³/mol. The summed E-state index contributed by atoms with van der Waals surface area (Å²) in [5.74, 6) is 1.31. The molecule has 3 aromatic rings. The molecule has 1 aromatic heterocycles. The molecule has 2 aromatic carbocycles. The molecule has 2 heterocycles. The highest BCUT2D eigenvalue weighted by Gasteiger charge is 2.24. The fraction of sp³-hybridized carbons (Fsp3) is 0.217. The van der Waals surface area contributed by atoms with Crippen molar-refractivity contribution in [2.24, 2.45) is 0 Å². The van der Waals surface area contributed by atoms with Crippen LogP contribution in [0.25, 0.3) is 0 Å². The summed E-state index contributed by atoms with van der Waals surface area (Å²) in [5.41, 5.74) is 4.47. The van der Waals surface area contributed by atoms with Crippen molar-refractivity contribution >= 4 is 17.3 Å². The summed E-state index contributed by atoms with van der Waals surface area (Å²) in [4.78, 5) is 19.2. The maximum atomic E-state index is 13.1. The monoisotopic (exact) mass is 389 g/mol. The van der Waals surface area contributed by atoms with E-state index in [0.717, 1.165) is 23.4 Å². The van der Waals surface area contributed by atoms with Crippen molar-refractivity contribution < 1.29 is 14.3 Å². The highest BCUT2D eigenvalue weighted by Crippen LogP contribution is 2.33. The highest BCUT2D eigenvalue weighted by atomic mass is 16.5. The van der Waals surface area contributed by atoms with E-state index in [-0.39, 0.29) is 5.91 Å². The number of hydrogen-bond donors (Lipinski definition) is 1. The average Bonchev–Trinajstić information content (AvgIpc) is 2.78. The number of rotatable bonds is 5. The van der Waals surface area contributed by atoms with Gasteiger partial charge in [-0.25, -0.2) is 0 Å². The molecule has 0 spiro atoms. The van der Waals surface area contributed by atoms with E-state index in [9.17, 15) is 4.79 Å². The zero-order valence-corrected chi connectivity index (χ0v) is 16.5. The SMILES string of the molecule is COc1cc2c(cc1OC)CN(C(=O)c1cc(Nc3ccccc3)ccn1)CC2. The maximum absolute atomic E-state index is 13.1. The molecule has 0 saturated carbocycles. The van der Waals surface area contributed by atoms with Gasteiger partial charge >= 0.3 is 0 Å². The molecule has 1 amide bonds. The topological polar surface area (TPSA) is 63.7 Å². The minimum absolute atomic E-state index is 0.0813. The number of nitrogens with one attached hydrogen (secondary N) is 1. The third-order valence-electron chi connectivity index (χ3n) is 5.05. The van der Waals surface area contributed by atoms with Crippen molar-refractivity contribution in [3.8, 4) is 11.5 Å². The lowest BCUT2D eigenvalue weighted by Gasteiger charge is -2.29. The van der Waals surface area contributed by atoms with E-state index in [1.807, 2.05) is 53.4 Å². The number of hydrogen-bond acceptors (Lipinski definition) is 5. The molecular formula is C23H23N3O3. The Morgan fingerprint density at radius 1 is 0.966 bits per heavy atom. The van der Waals surface area contributed by atoms with Gasteiger partial charge in [-0.1, -0.05) is 18.2 Å². The van der Waals surface area contributed by atoms with Crippen molar-refractivity contribution in [1.82, 2.24) is 9.88 Å². The molecule has 29 heavy (non-hydrogen) atoms. The standard InChI is InChI=1S/C23H23N3O3/c1-28-21-12-16-9-11-26(15-17(16)13-22(21)29-2)23(27)20-14-19(8-10-24-20)25-18-6-4-3-5-7-18/h3-8,10,12-14H,9,11,15H2,1-2H3,(H,24,25). The number of anilines is 2. The molecule has 1 aliphatic heterocycles. The van der Waals surface area contributed by atoms with Gasteiger partial charge in [0.2, 0.25) is 0 Å². The Balaban J connectivity index is 1.53. The van der Waals surface area contributed by atoms with Gasteiger partial charge in [0.1, 0.15) is 5.69 Å². The number of carbonyl (C=O) groups is 1. The van der Waals surface area contributed by atoms with Crippen LogP contribution in [0.3, 0.4) is 0 Å². The Hall–Kier alpha value is -3.54. The van der Waals surface area contributed by atoms with Crippen LogP contribution in [0.15, 0.2) is 60.8 Å². The maximum Gasteiger partial charge on any atom is 0.272 e. The van der Waals surface area contributed by atoms with Gasteiger partial charge < -0.3 is 19.7 Å². The second-order valence-corrected chi connectivity index (χ2v) is 6.87. The van der Waals surface area contributed by atoms with Crippen LogP contribution in [0.4, 0.5) is 11.4 Å². The molecule has 1 N–H and O–H groups in total.